The van der Waals surface area contributed by atoms with Crippen LogP contribution in [0.2, 0.25) is 0 Å². The van der Waals surface area contributed by atoms with Gasteiger partial charge in [-0.15, -0.1) is 11.6 Å². The van der Waals surface area contributed by atoms with Gasteiger partial charge in [0.2, 0.25) is 0 Å². The molecule has 0 aliphatic heterocycles. The standard InChI is InChI=1S/C15H13ClN2O3/c1-10-13(3-2-4-14(10)18(20)21)17-15(19)12-7-5-11(9-16)6-8-12/h2-8H,9H2,1H3,(H,17,19). The number of alkyl halides is 1. The van der Waals surface area contributed by atoms with Crippen molar-refractivity contribution in [2.24, 2.45) is 0 Å². The molecule has 0 aromatic heterocycles. The molecule has 1 amide bonds. The summed E-state index contributed by atoms with van der Waals surface area (Å²) in [5.74, 6) is 0.0611. The molecule has 21 heavy (non-hydrogen) atoms. The minimum absolute atomic E-state index is 0.0229. The molecule has 0 saturated carbocycles. The molecule has 0 spiro atoms. The van der Waals surface area contributed by atoms with E-state index in [2.05, 4.69) is 5.32 Å². The lowest BCUT2D eigenvalue weighted by Crippen LogP contribution is -2.13. The van der Waals surface area contributed by atoms with Gasteiger partial charge in [0.15, 0.2) is 0 Å². The quantitative estimate of drug-likeness (QED) is 0.529. The van der Waals surface area contributed by atoms with E-state index in [0.29, 0.717) is 22.7 Å². The van der Waals surface area contributed by atoms with Gasteiger partial charge in [-0.05, 0) is 30.7 Å². The van der Waals surface area contributed by atoms with E-state index in [4.69, 9.17) is 11.6 Å². The Morgan fingerprint density at radius 2 is 1.90 bits per heavy atom. The molecule has 5 nitrogen and oxygen atoms in total. The molecule has 2 aromatic rings. The predicted molar refractivity (Wildman–Crippen MR) is 81.8 cm³/mol. The summed E-state index contributed by atoms with van der Waals surface area (Å²) in [5.41, 5.74) is 2.21. The number of nitro groups is 1. The van der Waals surface area contributed by atoms with Gasteiger partial charge in [-0.1, -0.05) is 18.2 Å². The molecular formula is C15H13ClN2O3. The van der Waals surface area contributed by atoms with Crippen LogP contribution in [0.3, 0.4) is 0 Å². The third kappa shape index (κ3) is 3.38. The number of amides is 1. The molecule has 0 radical (unpaired) electrons. The molecule has 1 N–H and O–H groups in total. The van der Waals surface area contributed by atoms with Crippen LogP contribution in [0.5, 0.6) is 0 Å². The molecule has 2 rings (SSSR count). The molecule has 0 aliphatic rings. The van der Waals surface area contributed by atoms with Gasteiger partial charge in [0.1, 0.15) is 0 Å². The van der Waals surface area contributed by atoms with Gasteiger partial charge in [0, 0.05) is 17.5 Å². The first-order chi connectivity index (χ1) is 10.0. The number of anilines is 1. The van der Waals surface area contributed by atoms with Gasteiger partial charge in [-0.25, -0.2) is 0 Å². The van der Waals surface area contributed by atoms with Gasteiger partial charge < -0.3 is 5.32 Å². The van der Waals surface area contributed by atoms with Gasteiger partial charge in [0.25, 0.3) is 11.6 Å². The molecule has 0 unspecified atom stereocenters. The number of carbonyl (C=O) groups is 1. The summed E-state index contributed by atoms with van der Waals surface area (Å²) in [4.78, 5) is 22.5. The Morgan fingerprint density at radius 1 is 1.24 bits per heavy atom. The molecule has 108 valence electrons. The zero-order valence-corrected chi connectivity index (χ0v) is 12.1. The number of nitrogens with zero attached hydrogens (tertiary/aromatic N) is 1. The maximum Gasteiger partial charge on any atom is 0.274 e. The van der Waals surface area contributed by atoms with Gasteiger partial charge in [0.05, 0.1) is 16.2 Å². The van der Waals surface area contributed by atoms with E-state index in [1.165, 1.54) is 12.1 Å². The maximum absolute atomic E-state index is 12.1. The summed E-state index contributed by atoms with van der Waals surface area (Å²) < 4.78 is 0. The van der Waals surface area contributed by atoms with Crippen LogP contribution in [-0.4, -0.2) is 10.8 Å². The van der Waals surface area contributed by atoms with Crippen LogP contribution in [0.1, 0.15) is 21.5 Å². The van der Waals surface area contributed by atoms with Crippen LogP contribution in [0.4, 0.5) is 11.4 Å². The molecule has 0 aliphatic carbocycles. The van der Waals surface area contributed by atoms with Crippen LogP contribution in [0, 0.1) is 17.0 Å². The highest BCUT2D eigenvalue weighted by Gasteiger charge is 2.15. The first-order valence-corrected chi connectivity index (χ1v) is 6.76. The number of carbonyl (C=O) groups excluding carboxylic acids is 1. The number of hydrogen-bond donors (Lipinski definition) is 1. The number of halogens is 1. The summed E-state index contributed by atoms with van der Waals surface area (Å²) in [7, 11) is 0. The van der Waals surface area contributed by atoms with Crippen molar-refractivity contribution >= 4 is 28.9 Å². The number of nitrogens with one attached hydrogen (secondary N) is 1. The second-order valence-electron chi connectivity index (χ2n) is 4.49. The van der Waals surface area contributed by atoms with Crippen molar-refractivity contribution < 1.29 is 9.72 Å². The minimum Gasteiger partial charge on any atom is -0.321 e. The first-order valence-electron chi connectivity index (χ1n) is 6.23. The van der Waals surface area contributed by atoms with Crippen LogP contribution >= 0.6 is 11.6 Å². The van der Waals surface area contributed by atoms with Crippen LogP contribution in [-0.2, 0) is 5.88 Å². The third-order valence-electron chi connectivity index (χ3n) is 3.12. The van der Waals surface area contributed by atoms with Crippen molar-refractivity contribution in [3.8, 4) is 0 Å². The number of nitro benzene ring substituents is 1. The smallest absolute Gasteiger partial charge is 0.274 e. The fourth-order valence-electron chi connectivity index (χ4n) is 1.90. The summed E-state index contributed by atoms with van der Waals surface area (Å²) >= 11 is 5.69. The third-order valence-corrected chi connectivity index (χ3v) is 3.43. The fraction of sp³-hybridized carbons (Fsp3) is 0.133. The second-order valence-corrected chi connectivity index (χ2v) is 4.76. The molecule has 0 fully saturated rings. The van der Waals surface area contributed by atoms with E-state index in [-0.39, 0.29) is 11.6 Å². The number of hydrogen-bond acceptors (Lipinski definition) is 3. The van der Waals surface area contributed by atoms with E-state index >= 15 is 0 Å². The van der Waals surface area contributed by atoms with Crippen molar-refractivity contribution in [3.63, 3.8) is 0 Å². The molecule has 6 heteroatoms. The molecular weight excluding hydrogens is 292 g/mol. The highest BCUT2D eigenvalue weighted by molar-refractivity contribution is 6.17. The monoisotopic (exact) mass is 304 g/mol. The van der Waals surface area contributed by atoms with Crippen molar-refractivity contribution in [1.29, 1.82) is 0 Å². The summed E-state index contributed by atoms with van der Waals surface area (Å²) in [6, 6.07) is 11.4. The van der Waals surface area contributed by atoms with E-state index in [1.54, 1.807) is 37.3 Å². The highest BCUT2D eigenvalue weighted by atomic mass is 35.5. The number of benzene rings is 2. The highest BCUT2D eigenvalue weighted by Crippen LogP contribution is 2.25. The SMILES string of the molecule is Cc1c(NC(=O)c2ccc(CCl)cc2)cccc1[N+](=O)[O-]. The van der Waals surface area contributed by atoms with Crippen molar-refractivity contribution in [2.45, 2.75) is 12.8 Å². The summed E-state index contributed by atoms with van der Waals surface area (Å²) in [6.07, 6.45) is 0. The Bertz CT molecular complexity index is 684. The predicted octanol–water partition coefficient (Wildman–Crippen LogP) is 3.89. The fourth-order valence-corrected chi connectivity index (χ4v) is 2.07. The van der Waals surface area contributed by atoms with Gasteiger partial charge >= 0.3 is 0 Å². The molecule has 0 heterocycles. The molecule has 0 saturated heterocycles. The lowest BCUT2D eigenvalue weighted by molar-refractivity contribution is -0.385. The summed E-state index contributed by atoms with van der Waals surface area (Å²) in [6.45, 7) is 1.60. The Morgan fingerprint density at radius 3 is 2.48 bits per heavy atom. The van der Waals surface area contributed by atoms with Crippen LogP contribution < -0.4 is 5.32 Å². The summed E-state index contributed by atoms with van der Waals surface area (Å²) in [5, 5.41) is 13.6. The van der Waals surface area contributed by atoms with E-state index in [1.807, 2.05) is 0 Å². The first kappa shape index (κ1) is 15.0. The van der Waals surface area contributed by atoms with Crippen molar-refractivity contribution in [2.75, 3.05) is 5.32 Å². The van der Waals surface area contributed by atoms with Crippen LogP contribution in [0.15, 0.2) is 42.5 Å². The largest absolute Gasteiger partial charge is 0.321 e. The van der Waals surface area contributed by atoms with Gasteiger partial charge in [-0.3, -0.25) is 14.9 Å². The zero-order chi connectivity index (χ0) is 15.4. The lowest BCUT2D eigenvalue weighted by Gasteiger charge is -2.09. The van der Waals surface area contributed by atoms with Crippen LogP contribution in [0.25, 0.3) is 0 Å². The van der Waals surface area contributed by atoms with Gasteiger partial charge in [-0.2, -0.15) is 0 Å². The zero-order valence-electron chi connectivity index (χ0n) is 11.3. The van der Waals surface area contributed by atoms with E-state index < -0.39 is 4.92 Å². The lowest BCUT2D eigenvalue weighted by atomic mass is 10.1. The Hall–Kier alpha value is -2.40. The normalized spacial score (nSPS) is 10.2. The average Bonchev–Trinajstić information content (AvgIpc) is 2.49. The Balaban J connectivity index is 2.23. The molecule has 2 aromatic carbocycles. The molecule has 0 bridgehead atoms. The second kappa shape index (κ2) is 6.37. The Labute approximate surface area is 126 Å². The average molecular weight is 305 g/mol. The van der Waals surface area contributed by atoms with Crippen molar-refractivity contribution in [3.05, 3.63) is 69.3 Å². The van der Waals surface area contributed by atoms with Crippen molar-refractivity contribution in [1.82, 2.24) is 0 Å². The maximum atomic E-state index is 12.1. The number of rotatable bonds is 4. The Kier molecular flexibility index (Phi) is 4.55. The topological polar surface area (TPSA) is 72.2 Å². The van der Waals surface area contributed by atoms with E-state index in [0.717, 1.165) is 5.56 Å². The minimum atomic E-state index is -0.472. The van der Waals surface area contributed by atoms with E-state index in [9.17, 15) is 14.9 Å². The molecule has 0 atom stereocenters.